The smallest absolute Gasteiger partial charge is 0.200 e. The van der Waals surface area contributed by atoms with Crippen molar-refractivity contribution in [1.29, 1.82) is 0 Å². The van der Waals surface area contributed by atoms with Crippen LogP contribution in [0.2, 0.25) is 104 Å². The molecule has 28 heavy (non-hydrogen) atoms. The van der Waals surface area contributed by atoms with Gasteiger partial charge in [-0.2, -0.15) is 0 Å². The minimum absolute atomic E-state index is 1.07. The molecule has 0 atom stereocenters. The molecule has 0 N–H and O–H groups in total. The fourth-order valence-corrected chi connectivity index (χ4v) is 35.4. The third kappa shape index (κ3) is 11.5. The Balaban J connectivity index is 6.33. The predicted molar refractivity (Wildman–Crippen MR) is 148 cm³/mol. The van der Waals surface area contributed by atoms with Gasteiger partial charge in [0.2, 0.25) is 8.32 Å². The first-order valence-corrected chi connectivity index (χ1v) is 30.8. The van der Waals surface area contributed by atoms with Crippen molar-refractivity contribution in [1.82, 2.24) is 0 Å². The number of allylic oxidation sites excluding steroid dienone is 1. The molecule has 0 aromatic carbocycles. The molecule has 168 valence electrons. The van der Waals surface area contributed by atoms with E-state index in [9.17, 15) is 0 Å². The average molecular weight is 511 g/mol. The molecule has 0 saturated carbocycles. The van der Waals surface area contributed by atoms with Crippen molar-refractivity contribution < 1.29 is 12.3 Å². The topological polar surface area (TPSA) is 27.7 Å². The second-order valence-electron chi connectivity index (χ2n) is 12.7. The number of hydrogen-bond acceptors (Lipinski definition) is 3. The minimum atomic E-state index is -1.99. The van der Waals surface area contributed by atoms with E-state index in [1.165, 1.54) is 0 Å². The fraction of sp³-hybridized carbons (Fsp3) is 0.889. The Hall–Kier alpha value is 1.14. The van der Waals surface area contributed by atoms with Crippen LogP contribution < -0.4 is 0 Å². The molecule has 0 unspecified atom stereocenters. The van der Waals surface area contributed by atoms with Crippen molar-refractivity contribution in [2.45, 2.75) is 104 Å². The van der Waals surface area contributed by atoms with Crippen LogP contribution >= 0.6 is 0 Å². The molecule has 0 saturated heterocycles. The second kappa shape index (κ2) is 9.33. The molecular weight excluding hydrogens is 461 g/mol. The zero-order chi connectivity index (χ0) is 23.0. The summed E-state index contributed by atoms with van der Waals surface area (Å²) in [6, 6.07) is 1.12. The van der Waals surface area contributed by atoms with Gasteiger partial charge in [-0.15, -0.1) is 0 Å². The molecule has 0 aromatic heterocycles. The Kier molecular flexibility index (Phi) is 9.71. The first-order chi connectivity index (χ1) is 11.9. The Labute approximate surface area is 186 Å². The molecular formula is C18H50O3Si7. The lowest BCUT2D eigenvalue weighted by atomic mass is 10.7. The normalized spacial score (nSPS) is 16.4. The summed E-state index contributed by atoms with van der Waals surface area (Å²) in [5.74, 6) is 0. The van der Waals surface area contributed by atoms with Crippen LogP contribution in [0.3, 0.4) is 0 Å². The van der Waals surface area contributed by atoms with Crippen molar-refractivity contribution >= 4 is 60.1 Å². The summed E-state index contributed by atoms with van der Waals surface area (Å²) >= 11 is 0. The van der Waals surface area contributed by atoms with Crippen molar-refractivity contribution in [3.8, 4) is 0 Å². The van der Waals surface area contributed by atoms with Gasteiger partial charge in [0.25, 0.3) is 0 Å². The lowest BCUT2D eigenvalue weighted by molar-refractivity contribution is 0.542. The molecule has 0 aliphatic rings. The van der Waals surface area contributed by atoms with E-state index in [2.05, 4.69) is 98.2 Å². The van der Waals surface area contributed by atoms with E-state index in [1.54, 1.807) is 10.0 Å². The summed E-state index contributed by atoms with van der Waals surface area (Å²) in [7, 11) is -9.39. The molecule has 10 heteroatoms. The lowest BCUT2D eigenvalue weighted by Gasteiger charge is -2.42. The van der Waals surface area contributed by atoms with Gasteiger partial charge in [-0.25, -0.2) is 0 Å². The quantitative estimate of drug-likeness (QED) is 0.345. The van der Waals surface area contributed by atoms with Gasteiger partial charge in [0.05, 0.1) is 0 Å². The Bertz CT molecular complexity index is 565. The molecule has 0 aromatic rings. The second-order valence-corrected chi connectivity index (χ2v) is 41.1. The largest absolute Gasteiger partial charge is 0.455 e. The third-order valence-corrected chi connectivity index (χ3v) is 28.7. The molecule has 0 radical (unpaired) electrons. The Morgan fingerprint density at radius 2 is 0.857 bits per heavy atom. The van der Waals surface area contributed by atoms with Crippen LogP contribution in [0.5, 0.6) is 0 Å². The minimum Gasteiger partial charge on any atom is -0.455 e. The maximum atomic E-state index is 6.91. The molecule has 3 nitrogen and oxygen atoms in total. The highest BCUT2D eigenvalue weighted by Crippen LogP contribution is 2.35. The van der Waals surface area contributed by atoms with E-state index in [4.69, 9.17) is 12.3 Å². The van der Waals surface area contributed by atoms with E-state index in [0.29, 0.717) is 0 Å². The molecule has 0 bridgehead atoms. The highest BCUT2D eigenvalue weighted by Gasteiger charge is 2.43. The first kappa shape index (κ1) is 29.1. The summed E-state index contributed by atoms with van der Waals surface area (Å²) < 4.78 is 20.5. The Morgan fingerprint density at radius 1 is 0.536 bits per heavy atom. The summed E-state index contributed by atoms with van der Waals surface area (Å²) in [6.07, 6.45) is 0. The van der Waals surface area contributed by atoms with Gasteiger partial charge in [-0.05, 0) is 104 Å². The van der Waals surface area contributed by atoms with Crippen LogP contribution in [0.15, 0.2) is 10.0 Å². The maximum Gasteiger partial charge on any atom is 0.200 e. The van der Waals surface area contributed by atoms with Crippen molar-refractivity contribution in [3.05, 3.63) is 10.0 Å². The van der Waals surface area contributed by atoms with Gasteiger partial charge in [0.1, 0.15) is 0 Å². The number of rotatable bonds is 10. The average Bonchev–Trinajstić information content (AvgIpc) is 2.25. The van der Waals surface area contributed by atoms with Crippen molar-refractivity contribution in [2.75, 3.05) is 0 Å². The van der Waals surface area contributed by atoms with E-state index < -0.39 is 49.9 Å². The van der Waals surface area contributed by atoms with Crippen LogP contribution in [-0.2, 0) is 12.3 Å². The Morgan fingerprint density at radius 3 is 1.18 bits per heavy atom. The first-order valence-electron chi connectivity index (χ1n) is 10.7. The van der Waals surface area contributed by atoms with Crippen molar-refractivity contribution in [2.24, 2.45) is 0 Å². The summed E-state index contributed by atoms with van der Waals surface area (Å²) in [5, 5.41) is 1.64. The summed E-state index contributed by atoms with van der Waals surface area (Å²) in [6.45, 7) is 35.4. The van der Waals surface area contributed by atoms with Gasteiger partial charge in [-0.3, -0.25) is 0 Å². The summed E-state index contributed by atoms with van der Waals surface area (Å²) in [5.41, 5.74) is 0. The monoisotopic (exact) mass is 510 g/mol. The third-order valence-electron chi connectivity index (χ3n) is 4.39. The molecule has 0 rings (SSSR count). The SMILES string of the molecule is C[Si](C)(C)O[Si](C)(C)CC(=C([SiH3])[Si](C)(C)O[Si](C)(C)C)[Si](C)(C)O[Si](C)(C)C. The van der Waals surface area contributed by atoms with E-state index in [1.807, 2.05) is 0 Å². The van der Waals surface area contributed by atoms with Gasteiger partial charge >= 0.3 is 0 Å². The van der Waals surface area contributed by atoms with E-state index in [0.717, 1.165) is 16.3 Å². The van der Waals surface area contributed by atoms with Crippen LogP contribution in [-0.4, -0.2) is 60.1 Å². The van der Waals surface area contributed by atoms with Gasteiger partial charge in [0.15, 0.2) is 41.6 Å². The van der Waals surface area contributed by atoms with E-state index >= 15 is 0 Å². The molecule has 0 aliphatic heterocycles. The van der Waals surface area contributed by atoms with Gasteiger partial charge in [-0.1, -0.05) is 10.0 Å². The standard InChI is InChI=1S/C18H50O3Si7/c1-23(2,3)19-26(10,11)16-17(27(12,13)20-24(4,5)6)18(22)28(14,15)21-25(7,8)9/h16H2,1-15,22H3. The van der Waals surface area contributed by atoms with Crippen LogP contribution in [0, 0.1) is 0 Å². The highest BCUT2D eigenvalue weighted by molar-refractivity contribution is 6.97. The van der Waals surface area contributed by atoms with Gasteiger partial charge < -0.3 is 12.3 Å². The van der Waals surface area contributed by atoms with Crippen LogP contribution in [0.1, 0.15) is 0 Å². The molecule has 0 fully saturated rings. The zero-order valence-electron chi connectivity index (χ0n) is 21.9. The predicted octanol–water partition coefficient (Wildman–Crippen LogP) is 5.85. The van der Waals surface area contributed by atoms with Crippen LogP contribution in [0.25, 0.3) is 0 Å². The molecule has 0 spiro atoms. The number of hydrogen-bond donors (Lipinski definition) is 0. The molecule has 0 heterocycles. The fourth-order valence-electron chi connectivity index (χ4n) is 4.12. The zero-order valence-corrected chi connectivity index (χ0v) is 29.9. The van der Waals surface area contributed by atoms with Crippen LogP contribution in [0.4, 0.5) is 0 Å². The molecule has 0 aliphatic carbocycles. The summed E-state index contributed by atoms with van der Waals surface area (Å²) in [4.78, 5) is 1.66. The molecule has 0 amide bonds. The lowest BCUT2D eigenvalue weighted by Crippen LogP contribution is -2.52. The van der Waals surface area contributed by atoms with Crippen molar-refractivity contribution in [3.63, 3.8) is 0 Å². The maximum absolute atomic E-state index is 6.91. The van der Waals surface area contributed by atoms with Gasteiger partial charge in [0, 0.05) is 10.2 Å². The van der Waals surface area contributed by atoms with E-state index in [-0.39, 0.29) is 0 Å². The highest BCUT2D eigenvalue weighted by atomic mass is 28.4.